The molecule has 4 heterocycles. The lowest BCUT2D eigenvalue weighted by atomic mass is 10.1. The average molecular weight is 555 g/mol. The van der Waals surface area contributed by atoms with Gasteiger partial charge in [0.25, 0.3) is 5.91 Å². The van der Waals surface area contributed by atoms with Gasteiger partial charge in [-0.2, -0.15) is 0 Å². The zero-order valence-corrected chi connectivity index (χ0v) is 22.5. The largest absolute Gasteiger partial charge is 0.455 e. The van der Waals surface area contributed by atoms with Crippen molar-refractivity contribution < 1.29 is 19.1 Å². The second kappa shape index (κ2) is 10.4. The lowest BCUT2D eigenvalue weighted by Gasteiger charge is -2.28. The first-order valence-corrected chi connectivity index (χ1v) is 13.7. The summed E-state index contributed by atoms with van der Waals surface area (Å²) >= 11 is 1.22. The first-order chi connectivity index (χ1) is 19.4. The van der Waals surface area contributed by atoms with E-state index in [4.69, 9.17) is 4.74 Å². The summed E-state index contributed by atoms with van der Waals surface area (Å²) in [5.41, 5.74) is 2.48. The van der Waals surface area contributed by atoms with Gasteiger partial charge in [0.1, 0.15) is 21.2 Å². The zero-order chi connectivity index (χ0) is 27.8. The maximum absolute atomic E-state index is 13.4. The summed E-state index contributed by atoms with van der Waals surface area (Å²) in [6.45, 7) is 5.37. The Morgan fingerprint density at radius 3 is 2.62 bits per heavy atom. The molecule has 1 fully saturated rings. The molecule has 11 heteroatoms. The van der Waals surface area contributed by atoms with Gasteiger partial charge < -0.3 is 20.7 Å². The number of hydrogen-bond donors (Lipinski definition) is 3. The van der Waals surface area contributed by atoms with Crippen molar-refractivity contribution in [2.45, 2.75) is 38.3 Å². The molecular formula is C29H26N6O4S. The molecule has 6 rings (SSSR count). The molecule has 0 saturated heterocycles. The third kappa shape index (κ3) is 4.64. The van der Waals surface area contributed by atoms with E-state index in [9.17, 15) is 14.4 Å². The topological polar surface area (TPSA) is 126 Å². The maximum Gasteiger partial charge on any atom is 0.331 e. The molecule has 2 unspecified atom stereocenters. The van der Waals surface area contributed by atoms with Crippen LogP contribution in [0.15, 0.2) is 67.5 Å². The molecule has 1 aliphatic heterocycles. The summed E-state index contributed by atoms with van der Waals surface area (Å²) in [7, 11) is 0. The van der Waals surface area contributed by atoms with E-state index < -0.39 is 0 Å². The number of aryl methyl sites for hydroxylation is 1. The summed E-state index contributed by atoms with van der Waals surface area (Å²) in [5.74, 6) is 0.690. The normalized spacial score (nSPS) is 17.8. The van der Waals surface area contributed by atoms with Crippen molar-refractivity contribution in [3.8, 4) is 11.5 Å². The first kappa shape index (κ1) is 25.5. The fourth-order valence-corrected chi connectivity index (χ4v) is 6.17. The smallest absolute Gasteiger partial charge is 0.331 e. The fraction of sp³-hybridized carbons (Fsp3) is 0.207. The minimum Gasteiger partial charge on any atom is -0.455 e. The average Bonchev–Trinajstić information content (AvgIpc) is 3.55. The SMILES string of the molecule is C=CC(=O)NC1CCCC1NC(=O)c1sc2nccc3c2c1NC(=O)N3c1ccc(Oc2cccnc2C)cc1. The predicted molar refractivity (Wildman–Crippen MR) is 154 cm³/mol. The number of carbonyl (C=O) groups excluding carboxylic acids is 3. The maximum atomic E-state index is 13.4. The Kier molecular flexibility index (Phi) is 6.64. The summed E-state index contributed by atoms with van der Waals surface area (Å²) < 4.78 is 5.95. The van der Waals surface area contributed by atoms with E-state index in [1.54, 1.807) is 47.6 Å². The Hall–Kier alpha value is -4.77. The Balaban J connectivity index is 1.27. The van der Waals surface area contributed by atoms with Gasteiger partial charge in [0.05, 0.1) is 28.1 Å². The van der Waals surface area contributed by atoms with Gasteiger partial charge in [0, 0.05) is 24.5 Å². The molecule has 4 amide bonds. The van der Waals surface area contributed by atoms with Crippen LogP contribution in [0.1, 0.15) is 34.6 Å². The molecule has 1 saturated carbocycles. The lowest BCUT2D eigenvalue weighted by Crippen LogP contribution is -2.48. The predicted octanol–water partition coefficient (Wildman–Crippen LogP) is 5.43. The van der Waals surface area contributed by atoms with Gasteiger partial charge in [0.2, 0.25) is 5.91 Å². The molecule has 3 aromatic heterocycles. The summed E-state index contributed by atoms with van der Waals surface area (Å²) in [5, 5.41) is 9.56. The van der Waals surface area contributed by atoms with E-state index >= 15 is 0 Å². The van der Waals surface area contributed by atoms with Crippen LogP contribution in [0.5, 0.6) is 11.5 Å². The third-order valence-corrected chi connectivity index (χ3v) is 8.18. The molecule has 0 radical (unpaired) electrons. The van der Waals surface area contributed by atoms with Gasteiger partial charge in [-0.15, -0.1) is 11.3 Å². The van der Waals surface area contributed by atoms with Crippen LogP contribution >= 0.6 is 11.3 Å². The number of carbonyl (C=O) groups is 3. The Morgan fingerprint density at radius 1 is 1.10 bits per heavy atom. The highest BCUT2D eigenvalue weighted by atomic mass is 32.1. The number of aromatic nitrogens is 2. The molecule has 3 N–H and O–H groups in total. The second-order valence-electron chi connectivity index (χ2n) is 9.59. The van der Waals surface area contributed by atoms with Crippen LogP contribution < -0.4 is 25.6 Å². The van der Waals surface area contributed by atoms with Crippen LogP contribution in [0.3, 0.4) is 0 Å². The number of amides is 4. The van der Waals surface area contributed by atoms with Crippen molar-refractivity contribution in [3.63, 3.8) is 0 Å². The fourth-order valence-electron chi connectivity index (χ4n) is 5.15. The molecule has 4 aromatic rings. The molecule has 0 bridgehead atoms. The molecule has 1 aliphatic carbocycles. The summed E-state index contributed by atoms with van der Waals surface area (Å²) in [6, 6.07) is 11.8. The minimum absolute atomic E-state index is 0.173. The number of hydrogen-bond acceptors (Lipinski definition) is 7. The zero-order valence-electron chi connectivity index (χ0n) is 21.6. The van der Waals surface area contributed by atoms with Crippen LogP contribution in [-0.4, -0.2) is 39.9 Å². The molecule has 202 valence electrons. The third-order valence-electron chi connectivity index (χ3n) is 7.08. The molecule has 10 nitrogen and oxygen atoms in total. The number of anilines is 3. The summed E-state index contributed by atoms with van der Waals surface area (Å²) in [4.78, 5) is 49.9. The van der Waals surface area contributed by atoms with Gasteiger partial charge in [-0.25, -0.2) is 9.78 Å². The van der Waals surface area contributed by atoms with Crippen molar-refractivity contribution in [2.24, 2.45) is 0 Å². The number of ether oxygens (including phenoxy) is 1. The molecule has 40 heavy (non-hydrogen) atoms. The number of rotatable bonds is 7. The van der Waals surface area contributed by atoms with E-state index in [0.29, 0.717) is 43.7 Å². The van der Waals surface area contributed by atoms with Gasteiger partial charge in [-0.1, -0.05) is 6.58 Å². The van der Waals surface area contributed by atoms with Crippen LogP contribution in [0.4, 0.5) is 21.9 Å². The van der Waals surface area contributed by atoms with Gasteiger partial charge in [0.15, 0.2) is 0 Å². The molecule has 2 aliphatic rings. The van der Waals surface area contributed by atoms with Crippen LogP contribution in [0, 0.1) is 6.92 Å². The highest BCUT2D eigenvalue weighted by Crippen LogP contribution is 2.46. The Bertz CT molecular complexity index is 1650. The number of nitrogens with zero attached hydrogens (tertiary/aromatic N) is 3. The number of thiophene rings is 1. The highest BCUT2D eigenvalue weighted by molar-refractivity contribution is 7.21. The van der Waals surface area contributed by atoms with E-state index in [-0.39, 0.29) is 29.9 Å². The van der Waals surface area contributed by atoms with Crippen molar-refractivity contribution in [1.29, 1.82) is 0 Å². The van der Waals surface area contributed by atoms with Crippen LogP contribution in [0.25, 0.3) is 10.2 Å². The van der Waals surface area contributed by atoms with E-state index in [1.165, 1.54) is 17.4 Å². The molecular weight excluding hydrogens is 528 g/mol. The number of urea groups is 1. The summed E-state index contributed by atoms with van der Waals surface area (Å²) in [6.07, 6.45) is 6.97. The van der Waals surface area contributed by atoms with Crippen molar-refractivity contribution in [3.05, 3.63) is 78.1 Å². The van der Waals surface area contributed by atoms with Crippen LogP contribution in [-0.2, 0) is 4.79 Å². The van der Waals surface area contributed by atoms with E-state index in [2.05, 4.69) is 32.5 Å². The Labute approximate surface area is 234 Å². The van der Waals surface area contributed by atoms with Crippen molar-refractivity contribution in [1.82, 2.24) is 20.6 Å². The number of nitrogens with one attached hydrogen (secondary N) is 3. The first-order valence-electron chi connectivity index (χ1n) is 12.9. The van der Waals surface area contributed by atoms with Crippen molar-refractivity contribution >= 4 is 56.5 Å². The minimum atomic E-state index is -0.388. The standard InChI is InChI=1S/C29H26N6O4S/c1-3-23(36)32-19-6-4-7-20(19)33-27(37)26-25-24-21(13-15-31-28(24)40-26)35(29(38)34-25)17-9-11-18(12-10-17)39-22-8-5-14-30-16(22)2/h3,5,8-15,19-20H,1,4,6-7H2,2H3,(H,32,36)(H,33,37)(H,34,38). The molecule has 1 aromatic carbocycles. The molecule has 2 atom stereocenters. The molecule has 0 spiro atoms. The Morgan fingerprint density at radius 2 is 1.88 bits per heavy atom. The van der Waals surface area contributed by atoms with Crippen molar-refractivity contribution in [2.75, 3.05) is 10.2 Å². The van der Waals surface area contributed by atoms with E-state index in [1.807, 2.05) is 19.1 Å². The number of pyridine rings is 2. The monoisotopic (exact) mass is 554 g/mol. The lowest BCUT2D eigenvalue weighted by molar-refractivity contribution is -0.117. The second-order valence-corrected chi connectivity index (χ2v) is 10.6. The van der Waals surface area contributed by atoms with Gasteiger partial charge in [-0.05, 0) is 74.7 Å². The number of benzene rings is 1. The highest BCUT2D eigenvalue weighted by Gasteiger charge is 2.35. The van der Waals surface area contributed by atoms with Gasteiger partial charge in [-0.3, -0.25) is 19.5 Å². The van der Waals surface area contributed by atoms with Gasteiger partial charge >= 0.3 is 6.03 Å². The van der Waals surface area contributed by atoms with E-state index in [0.717, 1.165) is 25.0 Å². The quantitative estimate of drug-likeness (QED) is 0.262. The van der Waals surface area contributed by atoms with Crippen LogP contribution in [0.2, 0.25) is 0 Å².